The highest BCUT2D eigenvalue weighted by Crippen LogP contribution is 2.21. The molecule has 0 saturated heterocycles. The van der Waals surface area contributed by atoms with E-state index in [1.54, 1.807) is 24.4 Å². The lowest BCUT2D eigenvalue weighted by molar-refractivity contribution is 0.0690. The van der Waals surface area contributed by atoms with Gasteiger partial charge in [0.25, 0.3) is 0 Å². The van der Waals surface area contributed by atoms with Crippen molar-refractivity contribution in [2.45, 2.75) is 6.42 Å². The summed E-state index contributed by atoms with van der Waals surface area (Å²) in [5, 5.41) is 8.99. The molecule has 0 saturated carbocycles. The number of benzene rings is 1. The summed E-state index contributed by atoms with van der Waals surface area (Å²) in [6.07, 6.45) is 2.20. The zero-order valence-electron chi connectivity index (χ0n) is 12.2. The van der Waals surface area contributed by atoms with Crippen molar-refractivity contribution >= 4 is 5.97 Å². The summed E-state index contributed by atoms with van der Waals surface area (Å²) in [6, 6.07) is 18.0. The summed E-state index contributed by atoms with van der Waals surface area (Å²) >= 11 is 0. The van der Waals surface area contributed by atoms with Gasteiger partial charge in [0.1, 0.15) is 11.4 Å². The Bertz CT molecular complexity index is 819. The average Bonchev–Trinajstić information content (AvgIpc) is 2.56. The van der Waals surface area contributed by atoms with Crippen LogP contribution in [0.1, 0.15) is 21.7 Å². The minimum Gasteiger partial charge on any atom is -0.477 e. The summed E-state index contributed by atoms with van der Waals surface area (Å²) in [6.45, 7) is 0. The number of rotatable bonds is 5. The molecular weight excluding hydrogens is 292 g/mol. The van der Waals surface area contributed by atoms with Crippen molar-refractivity contribution in [2.75, 3.05) is 0 Å². The predicted molar refractivity (Wildman–Crippen MR) is 84.8 cm³/mol. The maximum absolute atomic E-state index is 11.0. The van der Waals surface area contributed by atoms with Gasteiger partial charge >= 0.3 is 5.97 Å². The number of carboxylic acids is 1. The van der Waals surface area contributed by atoms with Gasteiger partial charge in [0.15, 0.2) is 0 Å². The summed E-state index contributed by atoms with van der Waals surface area (Å²) in [7, 11) is 0. The Labute approximate surface area is 133 Å². The lowest BCUT2D eigenvalue weighted by Crippen LogP contribution is -2.03. The number of nitrogens with zero attached hydrogens (tertiary/aromatic N) is 2. The summed E-state index contributed by atoms with van der Waals surface area (Å²) in [5.74, 6) is 0.172. The van der Waals surface area contributed by atoms with E-state index in [-0.39, 0.29) is 5.69 Å². The second-order valence-corrected chi connectivity index (χ2v) is 4.91. The van der Waals surface area contributed by atoms with Crippen LogP contribution in [0.5, 0.6) is 11.6 Å². The van der Waals surface area contributed by atoms with Crippen LogP contribution >= 0.6 is 0 Å². The van der Waals surface area contributed by atoms with E-state index in [0.717, 1.165) is 5.56 Å². The van der Waals surface area contributed by atoms with E-state index in [2.05, 4.69) is 9.97 Å². The van der Waals surface area contributed by atoms with Crippen LogP contribution in [0.4, 0.5) is 0 Å². The Morgan fingerprint density at radius 3 is 2.70 bits per heavy atom. The number of aromatic carboxylic acids is 1. The van der Waals surface area contributed by atoms with E-state index >= 15 is 0 Å². The fraction of sp³-hybridized carbons (Fsp3) is 0.0556. The summed E-state index contributed by atoms with van der Waals surface area (Å²) < 4.78 is 5.69. The second kappa shape index (κ2) is 6.70. The molecule has 3 aromatic rings. The molecule has 0 radical (unpaired) electrons. The molecule has 2 heterocycles. The molecule has 0 atom stereocenters. The van der Waals surface area contributed by atoms with E-state index < -0.39 is 5.97 Å². The van der Waals surface area contributed by atoms with Crippen LogP contribution < -0.4 is 4.74 Å². The highest BCUT2D eigenvalue weighted by Gasteiger charge is 2.06. The highest BCUT2D eigenvalue weighted by molar-refractivity contribution is 5.85. The van der Waals surface area contributed by atoms with E-state index in [0.29, 0.717) is 23.7 Å². The zero-order valence-corrected chi connectivity index (χ0v) is 12.2. The van der Waals surface area contributed by atoms with E-state index in [1.807, 2.05) is 36.4 Å². The molecule has 2 aromatic heterocycles. The third-order valence-electron chi connectivity index (χ3n) is 3.17. The molecule has 23 heavy (non-hydrogen) atoms. The topological polar surface area (TPSA) is 72.3 Å². The maximum atomic E-state index is 11.0. The van der Waals surface area contributed by atoms with Gasteiger partial charge in [-0.15, -0.1) is 0 Å². The zero-order chi connectivity index (χ0) is 16.1. The molecule has 0 aliphatic rings. The molecule has 0 aliphatic carbocycles. The van der Waals surface area contributed by atoms with Crippen molar-refractivity contribution in [3.63, 3.8) is 0 Å². The average molecular weight is 306 g/mol. The lowest BCUT2D eigenvalue weighted by Gasteiger charge is -2.07. The first-order valence-electron chi connectivity index (χ1n) is 7.08. The SMILES string of the molecule is O=C(O)c1cccc(Cc2cccc(Oc3ccccn3)c2)n1. The molecule has 5 heteroatoms. The van der Waals surface area contributed by atoms with Crippen molar-refractivity contribution in [1.29, 1.82) is 0 Å². The molecule has 0 amide bonds. The molecule has 5 nitrogen and oxygen atoms in total. The molecule has 0 bridgehead atoms. The largest absolute Gasteiger partial charge is 0.477 e. The number of carbonyl (C=O) groups is 1. The maximum Gasteiger partial charge on any atom is 0.354 e. The molecular formula is C18H14N2O3. The van der Waals surface area contributed by atoms with Crippen LogP contribution in [0.3, 0.4) is 0 Å². The molecule has 3 rings (SSSR count). The van der Waals surface area contributed by atoms with Gasteiger partial charge in [0, 0.05) is 24.4 Å². The van der Waals surface area contributed by atoms with E-state index in [9.17, 15) is 4.79 Å². The van der Waals surface area contributed by atoms with Crippen LogP contribution in [0, 0.1) is 0 Å². The molecule has 0 unspecified atom stereocenters. The van der Waals surface area contributed by atoms with E-state index in [4.69, 9.17) is 9.84 Å². The van der Waals surface area contributed by atoms with Crippen LogP contribution in [0.15, 0.2) is 66.9 Å². The molecule has 1 aromatic carbocycles. The first-order valence-corrected chi connectivity index (χ1v) is 7.08. The minimum atomic E-state index is -1.03. The Kier molecular flexibility index (Phi) is 4.29. The third-order valence-corrected chi connectivity index (χ3v) is 3.17. The van der Waals surface area contributed by atoms with Gasteiger partial charge < -0.3 is 9.84 Å². The van der Waals surface area contributed by atoms with Crippen molar-refractivity contribution in [3.05, 3.63) is 83.8 Å². The van der Waals surface area contributed by atoms with Gasteiger partial charge in [0.05, 0.1) is 0 Å². The Morgan fingerprint density at radius 1 is 1.04 bits per heavy atom. The molecule has 0 spiro atoms. The van der Waals surface area contributed by atoms with Gasteiger partial charge in [-0.05, 0) is 35.9 Å². The number of ether oxygens (including phenoxy) is 1. The fourth-order valence-electron chi connectivity index (χ4n) is 2.15. The van der Waals surface area contributed by atoms with Crippen molar-refractivity contribution in [2.24, 2.45) is 0 Å². The monoisotopic (exact) mass is 306 g/mol. The quantitative estimate of drug-likeness (QED) is 0.780. The van der Waals surface area contributed by atoms with Gasteiger partial charge in [-0.25, -0.2) is 14.8 Å². The highest BCUT2D eigenvalue weighted by atomic mass is 16.5. The molecule has 1 N–H and O–H groups in total. The lowest BCUT2D eigenvalue weighted by atomic mass is 10.1. The van der Waals surface area contributed by atoms with Crippen LogP contribution in [0.2, 0.25) is 0 Å². The predicted octanol–water partition coefficient (Wildman–Crippen LogP) is 3.56. The van der Waals surface area contributed by atoms with Gasteiger partial charge in [0.2, 0.25) is 5.88 Å². The second-order valence-electron chi connectivity index (χ2n) is 4.91. The minimum absolute atomic E-state index is 0.0448. The van der Waals surface area contributed by atoms with Crippen LogP contribution in [-0.2, 0) is 6.42 Å². The first-order chi connectivity index (χ1) is 11.2. The Hall–Kier alpha value is -3.21. The number of hydrogen-bond acceptors (Lipinski definition) is 4. The summed E-state index contributed by atoms with van der Waals surface area (Å²) in [4.78, 5) is 19.2. The van der Waals surface area contributed by atoms with Gasteiger partial charge in [-0.1, -0.05) is 24.3 Å². The van der Waals surface area contributed by atoms with Crippen molar-refractivity contribution < 1.29 is 14.6 Å². The number of aromatic nitrogens is 2. The molecule has 0 aliphatic heterocycles. The van der Waals surface area contributed by atoms with Crippen LogP contribution in [-0.4, -0.2) is 21.0 Å². The molecule has 114 valence electrons. The standard InChI is InChI=1S/C18H14N2O3/c21-18(22)16-8-4-6-14(20-16)11-13-5-3-7-15(12-13)23-17-9-1-2-10-19-17/h1-10,12H,11H2,(H,21,22). The van der Waals surface area contributed by atoms with Gasteiger partial charge in [-0.3, -0.25) is 0 Å². The Morgan fingerprint density at radius 2 is 1.91 bits per heavy atom. The van der Waals surface area contributed by atoms with Crippen molar-refractivity contribution in [3.8, 4) is 11.6 Å². The number of carboxylic acid groups (broad SMARTS) is 1. The third kappa shape index (κ3) is 3.91. The van der Waals surface area contributed by atoms with Gasteiger partial charge in [-0.2, -0.15) is 0 Å². The smallest absolute Gasteiger partial charge is 0.354 e. The van der Waals surface area contributed by atoms with Crippen LogP contribution in [0.25, 0.3) is 0 Å². The first kappa shape index (κ1) is 14.7. The molecule has 0 fully saturated rings. The number of hydrogen-bond donors (Lipinski definition) is 1. The fourth-order valence-corrected chi connectivity index (χ4v) is 2.15. The van der Waals surface area contributed by atoms with E-state index in [1.165, 1.54) is 6.07 Å². The Balaban J connectivity index is 1.77. The normalized spacial score (nSPS) is 10.3. The number of pyridine rings is 2. The van der Waals surface area contributed by atoms with Crippen molar-refractivity contribution in [1.82, 2.24) is 9.97 Å². The summed E-state index contributed by atoms with van der Waals surface area (Å²) in [5.41, 5.74) is 1.72.